The van der Waals surface area contributed by atoms with Gasteiger partial charge in [0, 0.05) is 19.3 Å². The van der Waals surface area contributed by atoms with Gasteiger partial charge in [0.05, 0.1) is 29.5 Å². The van der Waals surface area contributed by atoms with Gasteiger partial charge in [-0.2, -0.15) is 0 Å². The predicted octanol–water partition coefficient (Wildman–Crippen LogP) is 4.75. The smallest absolute Gasteiger partial charge is 0.206 e. The van der Waals surface area contributed by atoms with E-state index in [0.717, 1.165) is 44.6 Å². The fraction of sp³-hybridized carbons (Fsp3) is 0.769. The van der Waals surface area contributed by atoms with Gasteiger partial charge in [0.2, 0.25) is 5.82 Å². The Kier molecular flexibility index (Phi) is 7.54. The molecule has 6 heteroatoms. The molecule has 2 fully saturated rings. The summed E-state index contributed by atoms with van der Waals surface area (Å²) in [7, 11) is 0. The summed E-state index contributed by atoms with van der Waals surface area (Å²) in [4.78, 5) is 11.3. The first-order chi connectivity index (χ1) is 14.8. The Labute approximate surface area is 194 Å². The molecule has 2 aliphatic rings. The van der Waals surface area contributed by atoms with Crippen molar-refractivity contribution in [3.05, 3.63) is 18.1 Å². The molecule has 1 aromatic heterocycles. The number of piperidine rings is 1. The van der Waals surface area contributed by atoms with Crippen molar-refractivity contribution in [2.45, 2.75) is 116 Å². The number of anilines is 1. The number of ether oxygens (including phenoxy) is 3. The minimum atomic E-state index is -0.564. The molecule has 0 amide bonds. The van der Waals surface area contributed by atoms with Gasteiger partial charge in [-0.25, -0.2) is 9.97 Å². The molecule has 1 aliphatic heterocycles. The van der Waals surface area contributed by atoms with Gasteiger partial charge in [-0.05, 0) is 93.1 Å². The molecular weight excluding hydrogens is 402 g/mol. The van der Waals surface area contributed by atoms with Crippen molar-refractivity contribution in [1.29, 1.82) is 0 Å². The molecule has 2 heterocycles. The lowest BCUT2D eigenvalue weighted by Crippen LogP contribution is -2.45. The van der Waals surface area contributed by atoms with Crippen molar-refractivity contribution < 1.29 is 14.2 Å². The summed E-state index contributed by atoms with van der Waals surface area (Å²) in [5.74, 6) is 7.74. The van der Waals surface area contributed by atoms with Crippen LogP contribution in [0.5, 0.6) is 0 Å². The zero-order chi connectivity index (χ0) is 23.6. The Balaban J connectivity index is 1.48. The maximum Gasteiger partial charge on any atom is 0.206 e. The van der Waals surface area contributed by atoms with Crippen molar-refractivity contribution in [2.24, 2.45) is 0 Å². The molecule has 6 nitrogen and oxygen atoms in total. The quantitative estimate of drug-likeness (QED) is 0.612. The number of rotatable bonds is 5. The Morgan fingerprint density at radius 3 is 2.16 bits per heavy atom. The third-order valence-corrected chi connectivity index (χ3v) is 5.40. The molecule has 0 aromatic carbocycles. The summed E-state index contributed by atoms with van der Waals surface area (Å²) in [6.07, 6.45) is 6.86. The van der Waals surface area contributed by atoms with Crippen LogP contribution >= 0.6 is 0 Å². The van der Waals surface area contributed by atoms with Crippen LogP contribution in [-0.2, 0) is 14.2 Å². The topological polar surface area (TPSA) is 56.7 Å². The first-order valence-electron chi connectivity index (χ1n) is 11.9. The van der Waals surface area contributed by atoms with E-state index in [-0.39, 0.29) is 11.2 Å². The summed E-state index contributed by atoms with van der Waals surface area (Å²) in [6.45, 7) is 18.2. The molecule has 0 bridgehead atoms. The van der Waals surface area contributed by atoms with E-state index in [1.807, 2.05) is 40.7 Å². The second kappa shape index (κ2) is 9.67. The summed E-state index contributed by atoms with van der Waals surface area (Å²) in [5, 5.41) is 0. The minimum Gasteiger partial charge on any atom is -0.375 e. The van der Waals surface area contributed by atoms with Crippen molar-refractivity contribution in [3.8, 4) is 11.8 Å². The SMILES string of the molecule is CC(C)(C)OC1CC(OC2CCN(c3ccnc(C#CC(C)(C)OC(C)(C)C)n3)CC2)C1. The third kappa shape index (κ3) is 8.03. The van der Waals surface area contributed by atoms with Gasteiger partial charge >= 0.3 is 0 Å². The highest BCUT2D eigenvalue weighted by Crippen LogP contribution is 2.32. The van der Waals surface area contributed by atoms with E-state index in [1.165, 1.54) is 0 Å². The van der Waals surface area contributed by atoms with E-state index < -0.39 is 5.60 Å². The van der Waals surface area contributed by atoms with Crippen LogP contribution in [0.15, 0.2) is 12.3 Å². The van der Waals surface area contributed by atoms with E-state index in [4.69, 9.17) is 14.2 Å². The highest BCUT2D eigenvalue weighted by molar-refractivity contribution is 5.40. The standard InChI is InChI=1S/C26H41N3O3/c1-24(2,3)31-21-17-20(18-21)30-19-11-15-29(16-12-19)23-10-14-27-22(28-23)9-13-26(7,8)32-25(4,5)6/h10,14,19-21H,11-12,15-18H2,1-8H3. The zero-order valence-corrected chi connectivity index (χ0v) is 21.2. The average Bonchev–Trinajstić information content (AvgIpc) is 2.63. The van der Waals surface area contributed by atoms with Gasteiger partial charge in [-0.1, -0.05) is 5.92 Å². The third-order valence-electron chi connectivity index (χ3n) is 5.40. The fourth-order valence-electron chi connectivity index (χ4n) is 4.30. The van der Waals surface area contributed by atoms with Crippen molar-refractivity contribution in [2.75, 3.05) is 18.0 Å². The second-order valence-electron chi connectivity index (χ2n) is 11.5. The average molecular weight is 444 g/mol. The van der Waals surface area contributed by atoms with Crippen LogP contribution in [-0.4, -0.2) is 58.2 Å². The molecule has 0 atom stereocenters. The molecule has 1 aromatic rings. The van der Waals surface area contributed by atoms with Crippen molar-refractivity contribution in [1.82, 2.24) is 9.97 Å². The van der Waals surface area contributed by atoms with E-state index >= 15 is 0 Å². The molecule has 1 saturated heterocycles. The van der Waals surface area contributed by atoms with Gasteiger partial charge in [0.15, 0.2) is 0 Å². The normalized spacial score (nSPS) is 22.8. The van der Waals surface area contributed by atoms with Crippen molar-refractivity contribution >= 4 is 5.82 Å². The van der Waals surface area contributed by atoms with Gasteiger partial charge in [-0.15, -0.1) is 0 Å². The van der Waals surface area contributed by atoms with Gasteiger partial charge < -0.3 is 19.1 Å². The van der Waals surface area contributed by atoms with Crippen LogP contribution in [0.25, 0.3) is 0 Å². The number of hydrogen-bond donors (Lipinski definition) is 0. The lowest BCUT2D eigenvalue weighted by atomic mass is 9.90. The Bertz CT molecular complexity index is 815. The Morgan fingerprint density at radius 1 is 0.906 bits per heavy atom. The lowest BCUT2D eigenvalue weighted by Gasteiger charge is -2.42. The van der Waals surface area contributed by atoms with E-state index in [0.29, 0.717) is 24.1 Å². The molecule has 0 unspecified atom stereocenters. The summed E-state index contributed by atoms with van der Waals surface area (Å²) < 4.78 is 18.4. The highest BCUT2D eigenvalue weighted by atomic mass is 16.5. The molecule has 0 spiro atoms. The molecule has 0 radical (unpaired) electrons. The molecule has 1 aliphatic carbocycles. The molecule has 0 N–H and O–H groups in total. The van der Waals surface area contributed by atoms with Gasteiger partial charge in [0.1, 0.15) is 11.4 Å². The summed E-state index contributed by atoms with van der Waals surface area (Å²) in [5.41, 5.74) is -0.893. The maximum atomic E-state index is 6.32. The minimum absolute atomic E-state index is 0.0723. The second-order valence-corrected chi connectivity index (χ2v) is 11.5. The molecule has 3 rings (SSSR count). The number of hydrogen-bond acceptors (Lipinski definition) is 6. The van der Waals surface area contributed by atoms with Crippen LogP contribution < -0.4 is 4.90 Å². The Hall–Kier alpha value is -1.68. The fourth-order valence-corrected chi connectivity index (χ4v) is 4.30. The number of nitrogens with zero attached hydrogens (tertiary/aromatic N) is 3. The predicted molar refractivity (Wildman–Crippen MR) is 128 cm³/mol. The van der Waals surface area contributed by atoms with Crippen molar-refractivity contribution in [3.63, 3.8) is 0 Å². The van der Waals surface area contributed by atoms with E-state index in [1.54, 1.807) is 6.20 Å². The molecule has 32 heavy (non-hydrogen) atoms. The van der Waals surface area contributed by atoms with Gasteiger partial charge in [-0.3, -0.25) is 0 Å². The lowest BCUT2D eigenvalue weighted by molar-refractivity contribution is -0.164. The maximum absolute atomic E-state index is 6.32. The molecule has 178 valence electrons. The van der Waals surface area contributed by atoms with Crippen LogP contribution in [0.4, 0.5) is 5.82 Å². The summed E-state index contributed by atoms with van der Waals surface area (Å²) in [6, 6.07) is 1.96. The molecular formula is C26H41N3O3. The van der Waals surface area contributed by atoms with Crippen LogP contribution in [0, 0.1) is 11.8 Å². The van der Waals surface area contributed by atoms with E-state index in [9.17, 15) is 0 Å². The largest absolute Gasteiger partial charge is 0.375 e. The first-order valence-corrected chi connectivity index (χ1v) is 11.9. The Morgan fingerprint density at radius 2 is 1.56 bits per heavy atom. The first kappa shape index (κ1) is 25.0. The van der Waals surface area contributed by atoms with Crippen LogP contribution in [0.1, 0.15) is 86.9 Å². The van der Waals surface area contributed by atoms with Gasteiger partial charge in [0.25, 0.3) is 0 Å². The van der Waals surface area contributed by atoms with E-state index in [2.05, 4.69) is 47.5 Å². The zero-order valence-electron chi connectivity index (χ0n) is 21.2. The monoisotopic (exact) mass is 443 g/mol. The molecule has 1 saturated carbocycles. The summed E-state index contributed by atoms with van der Waals surface area (Å²) >= 11 is 0. The van der Waals surface area contributed by atoms with Crippen LogP contribution in [0.2, 0.25) is 0 Å². The number of aromatic nitrogens is 2. The highest BCUT2D eigenvalue weighted by Gasteiger charge is 2.35. The van der Waals surface area contributed by atoms with Crippen LogP contribution in [0.3, 0.4) is 0 Å².